The summed E-state index contributed by atoms with van der Waals surface area (Å²) in [5.74, 6) is 0.829. The molecule has 7 nitrogen and oxygen atoms in total. The van der Waals surface area contributed by atoms with E-state index in [4.69, 9.17) is 24.7 Å². The second-order valence-electron chi connectivity index (χ2n) is 3.35. The van der Waals surface area contributed by atoms with Crippen LogP contribution >= 0.6 is 0 Å². The van der Waals surface area contributed by atoms with Gasteiger partial charge in [0.15, 0.2) is 0 Å². The first-order chi connectivity index (χ1) is 8.83. The van der Waals surface area contributed by atoms with E-state index in [2.05, 4.69) is 9.97 Å². The van der Waals surface area contributed by atoms with Crippen LogP contribution in [0.2, 0.25) is 0 Å². The van der Waals surface area contributed by atoms with E-state index in [0.717, 1.165) is 0 Å². The predicted octanol–water partition coefficient (Wildman–Crippen LogP) is 0.117. The summed E-state index contributed by atoms with van der Waals surface area (Å²) in [4.78, 5) is 7.66. The number of ether oxygens (including phenoxy) is 4. The molecule has 0 bridgehead atoms. The van der Waals surface area contributed by atoms with Crippen LogP contribution in [-0.4, -0.2) is 56.7 Å². The Bertz CT molecular complexity index is 325. The van der Waals surface area contributed by atoms with E-state index in [-0.39, 0.29) is 0 Å². The van der Waals surface area contributed by atoms with Gasteiger partial charge >= 0.3 is 0 Å². The molecule has 18 heavy (non-hydrogen) atoms. The summed E-state index contributed by atoms with van der Waals surface area (Å²) in [6.07, 6.45) is 1.36. The fraction of sp³-hybridized carbons (Fsp3) is 0.636. The number of rotatable bonds is 10. The Balaban J connectivity index is 1.92. The zero-order valence-corrected chi connectivity index (χ0v) is 10.5. The molecule has 0 saturated carbocycles. The molecule has 0 radical (unpaired) electrons. The third kappa shape index (κ3) is 7.00. The average Bonchev–Trinajstić information content (AvgIpc) is 2.37. The maximum atomic E-state index is 5.48. The van der Waals surface area contributed by atoms with Gasteiger partial charge in [-0.2, -0.15) is 0 Å². The van der Waals surface area contributed by atoms with Crippen molar-refractivity contribution in [3.63, 3.8) is 0 Å². The Kier molecular flexibility index (Phi) is 7.78. The second-order valence-corrected chi connectivity index (χ2v) is 3.35. The molecule has 0 saturated heterocycles. The van der Waals surface area contributed by atoms with Crippen LogP contribution in [0.15, 0.2) is 12.4 Å². The monoisotopic (exact) mass is 257 g/mol. The van der Waals surface area contributed by atoms with Crippen molar-refractivity contribution in [3.05, 3.63) is 12.4 Å². The molecular weight excluding hydrogens is 238 g/mol. The van der Waals surface area contributed by atoms with Crippen molar-refractivity contribution < 1.29 is 18.9 Å². The Morgan fingerprint density at radius 1 is 1.00 bits per heavy atom. The highest BCUT2D eigenvalue weighted by atomic mass is 16.6. The van der Waals surface area contributed by atoms with Gasteiger partial charge in [-0.3, -0.25) is 0 Å². The smallest absolute Gasteiger partial charge is 0.218 e. The predicted molar refractivity (Wildman–Crippen MR) is 65.5 cm³/mol. The lowest BCUT2D eigenvalue weighted by atomic mass is 10.6. The lowest BCUT2D eigenvalue weighted by Crippen LogP contribution is -2.12. The summed E-state index contributed by atoms with van der Waals surface area (Å²) < 4.78 is 20.7. The fourth-order valence-corrected chi connectivity index (χ4v) is 1.10. The molecule has 1 aromatic rings. The minimum atomic E-state index is 0.382. The van der Waals surface area contributed by atoms with Crippen molar-refractivity contribution in [2.24, 2.45) is 0 Å². The molecule has 0 fully saturated rings. The average molecular weight is 257 g/mol. The first-order valence-corrected chi connectivity index (χ1v) is 5.67. The first-order valence-electron chi connectivity index (χ1n) is 5.67. The largest absolute Gasteiger partial charge is 0.475 e. The summed E-state index contributed by atoms with van der Waals surface area (Å²) in [7, 11) is 1.64. The Labute approximate surface area is 106 Å². The summed E-state index contributed by atoms with van der Waals surface area (Å²) in [6.45, 7) is 3.13. The van der Waals surface area contributed by atoms with E-state index in [0.29, 0.717) is 51.3 Å². The summed E-state index contributed by atoms with van der Waals surface area (Å²) in [5, 5.41) is 0. The quantitative estimate of drug-likeness (QED) is 0.595. The lowest BCUT2D eigenvalue weighted by Gasteiger charge is -2.07. The number of nitrogens with zero attached hydrogens (tertiary/aromatic N) is 2. The molecule has 1 heterocycles. The Morgan fingerprint density at radius 3 is 2.33 bits per heavy atom. The van der Waals surface area contributed by atoms with E-state index in [1.54, 1.807) is 13.2 Å². The number of methoxy groups -OCH3 is 1. The molecule has 7 heteroatoms. The molecule has 1 rings (SSSR count). The molecule has 0 aromatic carbocycles. The van der Waals surface area contributed by atoms with Gasteiger partial charge in [0.2, 0.25) is 5.88 Å². The number of anilines is 1. The van der Waals surface area contributed by atoms with Gasteiger partial charge in [0, 0.05) is 13.2 Å². The van der Waals surface area contributed by atoms with Crippen molar-refractivity contribution in [3.8, 4) is 5.88 Å². The maximum absolute atomic E-state index is 5.48. The number of aromatic nitrogens is 2. The fourth-order valence-electron chi connectivity index (χ4n) is 1.10. The third-order valence-electron chi connectivity index (χ3n) is 1.94. The molecule has 102 valence electrons. The van der Waals surface area contributed by atoms with Crippen molar-refractivity contribution in [1.82, 2.24) is 9.97 Å². The Hall–Kier alpha value is -1.44. The van der Waals surface area contributed by atoms with Gasteiger partial charge in [-0.05, 0) is 0 Å². The van der Waals surface area contributed by atoms with Gasteiger partial charge in [0.05, 0.1) is 33.0 Å². The highest BCUT2D eigenvalue weighted by molar-refractivity contribution is 5.30. The number of hydrogen-bond donors (Lipinski definition) is 1. The summed E-state index contributed by atoms with van der Waals surface area (Å²) >= 11 is 0. The maximum Gasteiger partial charge on any atom is 0.218 e. The lowest BCUT2D eigenvalue weighted by molar-refractivity contribution is 0.0176. The van der Waals surface area contributed by atoms with E-state index in [1.165, 1.54) is 6.33 Å². The Morgan fingerprint density at radius 2 is 1.67 bits per heavy atom. The van der Waals surface area contributed by atoms with Crippen LogP contribution in [-0.2, 0) is 14.2 Å². The van der Waals surface area contributed by atoms with Gasteiger partial charge in [0.1, 0.15) is 18.8 Å². The molecule has 0 aliphatic heterocycles. The van der Waals surface area contributed by atoms with Crippen LogP contribution in [0.3, 0.4) is 0 Å². The molecule has 1 aromatic heterocycles. The standard InChI is InChI=1S/C11H19N3O4/c1-15-2-3-16-4-5-17-6-7-18-11-8-10(12)13-9-14-11/h8-9H,2-7H2,1H3,(H2,12,13,14). The zero-order valence-electron chi connectivity index (χ0n) is 10.5. The third-order valence-corrected chi connectivity index (χ3v) is 1.94. The van der Waals surface area contributed by atoms with Gasteiger partial charge < -0.3 is 24.7 Å². The highest BCUT2D eigenvalue weighted by Gasteiger charge is 1.96. The van der Waals surface area contributed by atoms with Gasteiger partial charge in [-0.1, -0.05) is 0 Å². The summed E-state index contributed by atoms with van der Waals surface area (Å²) in [6, 6.07) is 1.56. The van der Waals surface area contributed by atoms with Gasteiger partial charge in [-0.25, -0.2) is 9.97 Å². The molecule has 0 aliphatic rings. The van der Waals surface area contributed by atoms with Crippen LogP contribution in [0.25, 0.3) is 0 Å². The molecule has 2 N–H and O–H groups in total. The van der Waals surface area contributed by atoms with Crippen molar-refractivity contribution in [2.45, 2.75) is 0 Å². The normalized spacial score (nSPS) is 10.5. The van der Waals surface area contributed by atoms with Crippen molar-refractivity contribution >= 4 is 5.82 Å². The molecule has 0 amide bonds. The van der Waals surface area contributed by atoms with Crippen LogP contribution in [0.1, 0.15) is 0 Å². The molecule has 0 atom stereocenters. The summed E-state index contributed by atoms with van der Waals surface area (Å²) in [5.41, 5.74) is 5.48. The second kappa shape index (κ2) is 9.58. The minimum Gasteiger partial charge on any atom is -0.475 e. The minimum absolute atomic E-state index is 0.382. The first kappa shape index (κ1) is 14.6. The molecule has 0 unspecified atom stereocenters. The zero-order chi connectivity index (χ0) is 13.1. The topological polar surface area (TPSA) is 88.7 Å². The number of nitrogens with two attached hydrogens (primary N) is 1. The van der Waals surface area contributed by atoms with Crippen LogP contribution in [0.4, 0.5) is 5.82 Å². The highest BCUT2D eigenvalue weighted by Crippen LogP contribution is 2.06. The number of hydrogen-bond acceptors (Lipinski definition) is 7. The molecule has 0 spiro atoms. The number of nitrogen functional groups attached to an aromatic ring is 1. The van der Waals surface area contributed by atoms with E-state index >= 15 is 0 Å². The van der Waals surface area contributed by atoms with Gasteiger partial charge in [-0.15, -0.1) is 0 Å². The molecular formula is C11H19N3O4. The molecule has 0 aliphatic carbocycles. The van der Waals surface area contributed by atoms with Crippen molar-refractivity contribution in [1.29, 1.82) is 0 Å². The van der Waals surface area contributed by atoms with Crippen LogP contribution in [0.5, 0.6) is 5.88 Å². The van der Waals surface area contributed by atoms with Crippen LogP contribution in [0, 0.1) is 0 Å². The van der Waals surface area contributed by atoms with Crippen molar-refractivity contribution in [2.75, 3.05) is 52.5 Å². The van der Waals surface area contributed by atoms with E-state index < -0.39 is 0 Å². The van der Waals surface area contributed by atoms with E-state index in [9.17, 15) is 0 Å². The van der Waals surface area contributed by atoms with Gasteiger partial charge in [0.25, 0.3) is 0 Å². The SMILES string of the molecule is COCCOCCOCCOc1cc(N)ncn1. The van der Waals surface area contributed by atoms with Crippen LogP contribution < -0.4 is 10.5 Å². The van der Waals surface area contributed by atoms with E-state index in [1.807, 2.05) is 0 Å².